The number of hydrogen-bond acceptors (Lipinski definition) is 6. The molecule has 0 radical (unpaired) electrons. The highest BCUT2D eigenvalue weighted by Gasteiger charge is 2.17. The molecule has 0 bridgehead atoms. The summed E-state index contributed by atoms with van der Waals surface area (Å²) in [6.45, 7) is 0.0620. The van der Waals surface area contributed by atoms with E-state index in [2.05, 4.69) is 9.71 Å². The number of rotatable bonds is 7. The van der Waals surface area contributed by atoms with Gasteiger partial charge in [-0.25, -0.2) is 13.1 Å². The molecule has 1 aromatic heterocycles. The molecule has 3 N–H and O–H groups in total. The van der Waals surface area contributed by atoms with E-state index in [-0.39, 0.29) is 11.4 Å². The predicted molar refractivity (Wildman–Crippen MR) is 108 cm³/mol. The van der Waals surface area contributed by atoms with Crippen LogP contribution in [0.2, 0.25) is 0 Å². The molecule has 0 aliphatic rings. The first-order valence-corrected chi connectivity index (χ1v) is 9.93. The van der Waals surface area contributed by atoms with Crippen LogP contribution in [0.1, 0.15) is 5.56 Å². The van der Waals surface area contributed by atoms with Crippen LogP contribution in [0.3, 0.4) is 0 Å². The molecule has 3 rings (SSSR count). The summed E-state index contributed by atoms with van der Waals surface area (Å²) in [5.41, 5.74) is 8.42. The van der Waals surface area contributed by atoms with Crippen molar-refractivity contribution in [1.82, 2.24) is 9.71 Å². The van der Waals surface area contributed by atoms with Crippen LogP contribution < -0.4 is 19.9 Å². The SMILES string of the molecule is COc1ccc(CNS(=O)(=O)c2cc(N)cc(-c3cccnc3)c2)c(OC)c1. The van der Waals surface area contributed by atoms with Crippen LogP contribution in [0.4, 0.5) is 5.69 Å². The molecule has 0 unspecified atom stereocenters. The molecule has 0 atom stereocenters. The predicted octanol–water partition coefficient (Wildman–Crippen LogP) is 2.83. The molecule has 0 aliphatic carbocycles. The minimum Gasteiger partial charge on any atom is -0.497 e. The van der Waals surface area contributed by atoms with E-state index in [9.17, 15) is 8.42 Å². The number of anilines is 1. The van der Waals surface area contributed by atoms with Crippen LogP contribution in [0.25, 0.3) is 11.1 Å². The zero-order valence-electron chi connectivity index (χ0n) is 15.5. The van der Waals surface area contributed by atoms with Gasteiger partial charge in [-0.05, 0) is 35.9 Å². The fourth-order valence-electron chi connectivity index (χ4n) is 2.73. The first kappa shape index (κ1) is 19.7. The second-order valence-electron chi connectivity index (χ2n) is 6.03. The van der Waals surface area contributed by atoms with E-state index in [1.165, 1.54) is 13.2 Å². The lowest BCUT2D eigenvalue weighted by atomic mass is 10.1. The average molecular weight is 399 g/mol. The third-order valence-corrected chi connectivity index (χ3v) is 5.56. The van der Waals surface area contributed by atoms with Crippen molar-refractivity contribution in [2.24, 2.45) is 0 Å². The van der Waals surface area contributed by atoms with E-state index in [0.717, 1.165) is 5.56 Å². The standard InChI is InChI=1S/C20H21N3O4S/c1-26-18-6-5-15(20(11-18)27-2)13-23-28(24,25)19-9-16(8-17(21)10-19)14-4-3-7-22-12-14/h3-12,23H,13,21H2,1-2H3. The van der Waals surface area contributed by atoms with Crippen LogP contribution in [0.5, 0.6) is 11.5 Å². The highest BCUT2D eigenvalue weighted by molar-refractivity contribution is 7.89. The quantitative estimate of drug-likeness (QED) is 0.592. The van der Waals surface area contributed by atoms with Crippen molar-refractivity contribution in [1.29, 1.82) is 0 Å². The summed E-state index contributed by atoms with van der Waals surface area (Å²) in [6, 6.07) is 13.5. The summed E-state index contributed by atoms with van der Waals surface area (Å²) >= 11 is 0. The maximum Gasteiger partial charge on any atom is 0.240 e. The molecular weight excluding hydrogens is 378 g/mol. The molecule has 3 aromatic rings. The number of nitrogens with zero attached hydrogens (tertiary/aromatic N) is 1. The molecule has 1 heterocycles. The van der Waals surface area contributed by atoms with Crippen molar-refractivity contribution >= 4 is 15.7 Å². The van der Waals surface area contributed by atoms with Gasteiger partial charge in [-0.3, -0.25) is 4.98 Å². The second kappa shape index (κ2) is 8.28. The number of methoxy groups -OCH3 is 2. The Balaban J connectivity index is 1.87. The monoisotopic (exact) mass is 399 g/mol. The van der Waals surface area contributed by atoms with Crippen molar-refractivity contribution in [2.75, 3.05) is 20.0 Å². The molecule has 7 nitrogen and oxygen atoms in total. The molecule has 2 aromatic carbocycles. The van der Waals surface area contributed by atoms with Gasteiger partial charge in [-0.2, -0.15) is 0 Å². The highest BCUT2D eigenvalue weighted by Crippen LogP contribution is 2.27. The van der Waals surface area contributed by atoms with Gasteiger partial charge in [-0.15, -0.1) is 0 Å². The normalized spacial score (nSPS) is 11.2. The highest BCUT2D eigenvalue weighted by atomic mass is 32.2. The zero-order chi connectivity index (χ0) is 20.1. The van der Waals surface area contributed by atoms with E-state index >= 15 is 0 Å². The number of nitrogen functional groups attached to an aromatic ring is 1. The van der Waals surface area contributed by atoms with Gasteiger partial charge in [0.2, 0.25) is 10.0 Å². The minimum absolute atomic E-state index is 0.0620. The van der Waals surface area contributed by atoms with Gasteiger partial charge in [0.25, 0.3) is 0 Å². The number of sulfonamides is 1. The van der Waals surface area contributed by atoms with Crippen LogP contribution in [0, 0.1) is 0 Å². The molecule has 0 amide bonds. The van der Waals surface area contributed by atoms with E-state index in [1.807, 2.05) is 6.07 Å². The number of ether oxygens (including phenoxy) is 2. The van der Waals surface area contributed by atoms with Gasteiger partial charge in [0.15, 0.2) is 0 Å². The third kappa shape index (κ3) is 4.41. The topological polar surface area (TPSA) is 104 Å². The van der Waals surface area contributed by atoms with E-state index in [1.54, 1.807) is 55.9 Å². The van der Waals surface area contributed by atoms with Gasteiger partial charge < -0.3 is 15.2 Å². The summed E-state index contributed by atoms with van der Waals surface area (Å²) in [4.78, 5) is 4.14. The Bertz CT molecular complexity index is 1070. The van der Waals surface area contributed by atoms with Crippen LogP contribution in [-0.4, -0.2) is 27.6 Å². The molecular formula is C20H21N3O4S. The summed E-state index contributed by atoms with van der Waals surface area (Å²) < 4.78 is 38.7. The molecule has 0 saturated carbocycles. The van der Waals surface area contributed by atoms with Crippen LogP contribution >= 0.6 is 0 Å². The summed E-state index contributed by atoms with van der Waals surface area (Å²) in [5, 5.41) is 0. The maximum atomic E-state index is 12.8. The lowest BCUT2D eigenvalue weighted by Crippen LogP contribution is -2.23. The Kier molecular flexibility index (Phi) is 5.81. The molecule has 0 fully saturated rings. The first-order valence-electron chi connectivity index (χ1n) is 8.44. The van der Waals surface area contributed by atoms with Crippen molar-refractivity contribution in [3.63, 3.8) is 0 Å². The average Bonchev–Trinajstić information content (AvgIpc) is 2.72. The lowest BCUT2D eigenvalue weighted by molar-refractivity contribution is 0.390. The number of benzene rings is 2. The number of nitrogens with two attached hydrogens (primary N) is 1. The molecule has 146 valence electrons. The second-order valence-corrected chi connectivity index (χ2v) is 7.80. The molecule has 28 heavy (non-hydrogen) atoms. The van der Waals surface area contributed by atoms with Crippen molar-refractivity contribution < 1.29 is 17.9 Å². The number of aromatic nitrogens is 1. The van der Waals surface area contributed by atoms with Gasteiger partial charge >= 0.3 is 0 Å². The fraction of sp³-hybridized carbons (Fsp3) is 0.150. The Hall–Kier alpha value is -3.10. The zero-order valence-corrected chi connectivity index (χ0v) is 16.4. The van der Waals surface area contributed by atoms with E-state index < -0.39 is 10.0 Å². The van der Waals surface area contributed by atoms with Crippen molar-refractivity contribution in [2.45, 2.75) is 11.4 Å². The Morgan fingerprint density at radius 2 is 1.86 bits per heavy atom. The Morgan fingerprint density at radius 1 is 1.04 bits per heavy atom. The van der Waals surface area contributed by atoms with Gasteiger partial charge in [0, 0.05) is 41.8 Å². The summed E-state index contributed by atoms with van der Waals surface area (Å²) in [5.74, 6) is 1.16. The molecule has 0 aliphatic heterocycles. The number of pyridine rings is 1. The smallest absolute Gasteiger partial charge is 0.240 e. The minimum atomic E-state index is -3.79. The summed E-state index contributed by atoms with van der Waals surface area (Å²) in [6.07, 6.45) is 3.30. The van der Waals surface area contributed by atoms with Gasteiger partial charge in [-0.1, -0.05) is 12.1 Å². The Morgan fingerprint density at radius 3 is 2.54 bits per heavy atom. The number of hydrogen-bond donors (Lipinski definition) is 2. The van der Waals surface area contributed by atoms with E-state index in [0.29, 0.717) is 28.3 Å². The van der Waals surface area contributed by atoms with Crippen LogP contribution in [0.15, 0.2) is 65.8 Å². The Labute approximate surface area is 164 Å². The van der Waals surface area contributed by atoms with Gasteiger partial charge in [0.1, 0.15) is 11.5 Å². The lowest BCUT2D eigenvalue weighted by Gasteiger charge is -2.13. The maximum absolute atomic E-state index is 12.8. The van der Waals surface area contributed by atoms with Crippen LogP contribution in [-0.2, 0) is 16.6 Å². The molecule has 0 saturated heterocycles. The molecule has 0 spiro atoms. The van der Waals surface area contributed by atoms with E-state index in [4.69, 9.17) is 15.2 Å². The third-order valence-electron chi connectivity index (χ3n) is 4.18. The summed E-state index contributed by atoms with van der Waals surface area (Å²) in [7, 11) is -0.718. The van der Waals surface area contributed by atoms with Gasteiger partial charge in [0.05, 0.1) is 19.1 Å². The fourth-order valence-corrected chi connectivity index (χ4v) is 3.82. The van der Waals surface area contributed by atoms with Crippen molar-refractivity contribution in [3.8, 4) is 22.6 Å². The van der Waals surface area contributed by atoms with Crippen molar-refractivity contribution in [3.05, 3.63) is 66.5 Å². The largest absolute Gasteiger partial charge is 0.497 e. The number of nitrogens with one attached hydrogen (secondary N) is 1. The first-order chi connectivity index (χ1) is 13.4. The molecule has 8 heteroatoms.